The second kappa shape index (κ2) is 4.77. The monoisotopic (exact) mass is 270 g/mol. The smallest absolute Gasteiger partial charge is 0.420 e. The maximum atomic E-state index is 11.9. The summed E-state index contributed by atoms with van der Waals surface area (Å²) in [4.78, 5) is 11.9. The maximum absolute atomic E-state index is 11.9. The molecule has 0 bridgehead atoms. The molecule has 0 radical (unpaired) electrons. The van der Waals surface area contributed by atoms with Gasteiger partial charge in [0.1, 0.15) is 5.75 Å². The highest BCUT2D eigenvalue weighted by atomic mass is 16.5. The Bertz CT molecular complexity index is 817. The number of ether oxygens (including phenoxy) is 1. The van der Waals surface area contributed by atoms with Gasteiger partial charge in [-0.05, 0) is 35.9 Å². The van der Waals surface area contributed by atoms with Crippen molar-refractivity contribution in [2.24, 2.45) is 0 Å². The molecule has 0 aliphatic rings. The van der Waals surface area contributed by atoms with Crippen molar-refractivity contribution in [1.29, 1.82) is 0 Å². The molecule has 2 aromatic carbocycles. The summed E-state index contributed by atoms with van der Waals surface area (Å²) in [6.45, 7) is 0.409. The summed E-state index contributed by atoms with van der Waals surface area (Å²) in [6.07, 6.45) is 0. The molecule has 1 heterocycles. The highest BCUT2D eigenvalue weighted by molar-refractivity contribution is 5.77. The molecule has 0 atom stereocenters. The lowest BCUT2D eigenvalue weighted by atomic mass is 10.2. The third-order valence-electron chi connectivity index (χ3n) is 3.17. The second-order valence-corrected chi connectivity index (χ2v) is 4.53. The normalized spacial score (nSPS) is 10.8. The van der Waals surface area contributed by atoms with Gasteiger partial charge in [-0.3, -0.25) is 4.57 Å². The van der Waals surface area contributed by atoms with Crippen molar-refractivity contribution >= 4 is 16.8 Å². The number of aromatic nitrogens is 1. The number of nitrogens with zero attached hydrogens (tertiary/aromatic N) is 1. The highest BCUT2D eigenvalue weighted by Gasteiger charge is 2.10. The standard InChI is InChI=1S/C15H14N2O3/c1-19-12-4-2-3-10(7-12)9-17-13-8-11(16)5-6-14(13)20-15(17)18/h2-8H,9,16H2,1H3. The number of hydrogen-bond acceptors (Lipinski definition) is 4. The second-order valence-electron chi connectivity index (χ2n) is 4.53. The van der Waals surface area contributed by atoms with E-state index in [0.717, 1.165) is 11.3 Å². The Labute approximate surface area is 115 Å². The fourth-order valence-electron chi connectivity index (χ4n) is 2.18. The van der Waals surface area contributed by atoms with Crippen LogP contribution in [0.1, 0.15) is 5.56 Å². The Kier molecular flexibility index (Phi) is 2.95. The molecule has 0 spiro atoms. The molecule has 5 heteroatoms. The molecule has 1 aromatic heterocycles. The first-order chi connectivity index (χ1) is 9.67. The van der Waals surface area contributed by atoms with Gasteiger partial charge in [0, 0.05) is 5.69 Å². The predicted molar refractivity (Wildman–Crippen MR) is 77.0 cm³/mol. The summed E-state index contributed by atoms with van der Waals surface area (Å²) in [5, 5.41) is 0. The van der Waals surface area contributed by atoms with Gasteiger partial charge in [-0.2, -0.15) is 0 Å². The molecule has 0 fully saturated rings. The van der Waals surface area contributed by atoms with Gasteiger partial charge < -0.3 is 14.9 Å². The number of hydrogen-bond donors (Lipinski definition) is 1. The zero-order chi connectivity index (χ0) is 14.1. The van der Waals surface area contributed by atoms with Crippen molar-refractivity contribution in [1.82, 2.24) is 4.57 Å². The van der Waals surface area contributed by atoms with Crippen molar-refractivity contribution in [2.75, 3.05) is 12.8 Å². The molecule has 20 heavy (non-hydrogen) atoms. The van der Waals surface area contributed by atoms with E-state index in [0.29, 0.717) is 23.3 Å². The van der Waals surface area contributed by atoms with Crippen molar-refractivity contribution in [3.05, 3.63) is 58.6 Å². The molecule has 5 nitrogen and oxygen atoms in total. The number of rotatable bonds is 3. The lowest BCUT2D eigenvalue weighted by Gasteiger charge is -2.05. The lowest BCUT2D eigenvalue weighted by molar-refractivity contribution is 0.414. The van der Waals surface area contributed by atoms with Crippen LogP contribution in [0.25, 0.3) is 11.1 Å². The molecule has 102 valence electrons. The molecule has 2 N–H and O–H groups in total. The molecular formula is C15H14N2O3. The van der Waals surface area contributed by atoms with E-state index in [1.165, 1.54) is 0 Å². The third kappa shape index (κ3) is 2.14. The summed E-state index contributed by atoms with van der Waals surface area (Å²) in [6, 6.07) is 12.7. The van der Waals surface area contributed by atoms with E-state index in [1.807, 2.05) is 24.3 Å². The van der Waals surface area contributed by atoms with Gasteiger partial charge in [0.25, 0.3) is 0 Å². The lowest BCUT2D eigenvalue weighted by Crippen LogP contribution is -2.14. The van der Waals surface area contributed by atoms with E-state index in [2.05, 4.69) is 0 Å². The van der Waals surface area contributed by atoms with Crippen LogP contribution in [0.3, 0.4) is 0 Å². The molecule has 0 unspecified atom stereocenters. The molecule has 0 aliphatic heterocycles. The van der Waals surface area contributed by atoms with Crippen molar-refractivity contribution in [3.63, 3.8) is 0 Å². The Morgan fingerprint density at radius 3 is 2.90 bits per heavy atom. The van der Waals surface area contributed by atoms with Gasteiger partial charge in [-0.15, -0.1) is 0 Å². The maximum Gasteiger partial charge on any atom is 0.420 e. The zero-order valence-electron chi connectivity index (χ0n) is 11.0. The van der Waals surface area contributed by atoms with E-state index in [4.69, 9.17) is 14.9 Å². The van der Waals surface area contributed by atoms with Crippen LogP contribution in [-0.4, -0.2) is 11.7 Å². The van der Waals surface area contributed by atoms with Crippen LogP contribution in [-0.2, 0) is 6.54 Å². The van der Waals surface area contributed by atoms with Crippen LogP contribution in [0, 0.1) is 0 Å². The van der Waals surface area contributed by atoms with Gasteiger partial charge in [-0.1, -0.05) is 12.1 Å². The largest absolute Gasteiger partial charge is 0.497 e. The molecular weight excluding hydrogens is 256 g/mol. The van der Waals surface area contributed by atoms with Gasteiger partial charge in [0.05, 0.1) is 19.2 Å². The van der Waals surface area contributed by atoms with E-state index >= 15 is 0 Å². The van der Waals surface area contributed by atoms with Crippen LogP contribution >= 0.6 is 0 Å². The number of anilines is 1. The zero-order valence-corrected chi connectivity index (χ0v) is 11.0. The number of nitrogen functional groups attached to an aromatic ring is 1. The van der Waals surface area contributed by atoms with E-state index < -0.39 is 5.76 Å². The molecule has 3 aromatic rings. The topological polar surface area (TPSA) is 70.4 Å². The molecule has 0 saturated heterocycles. The van der Waals surface area contributed by atoms with Crippen LogP contribution in [0.15, 0.2) is 51.7 Å². The summed E-state index contributed by atoms with van der Waals surface area (Å²) in [7, 11) is 1.61. The predicted octanol–water partition coefficient (Wildman–Crippen LogP) is 2.23. The SMILES string of the molecule is COc1cccc(Cn2c(=O)oc3ccc(N)cc32)c1. The average molecular weight is 270 g/mol. The van der Waals surface area contributed by atoms with E-state index in [1.54, 1.807) is 29.9 Å². The Balaban J connectivity index is 2.07. The van der Waals surface area contributed by atoms with Crippen molar-refractivity contribution in [2.45, 2.75) is 6.54 Å². The first kappa shape index (κ1) is 12.3. The quantitative estimate of drug-likeness (QED) is 0.741. The third-order valence-corrected chi connectivity index (χ3v) is 3.17. The number of benzene rings is 2. The number of oxazole rings is 1. The minimum absolute atomic E-state index is 0.395. The summed E-state index contributed by atoms with van der Waals surface area (Å²) < 4.78 is 11.9. The Morgan fingerprint density at radius 1 is 1.25 bits per heavy atom. The van der Waals surface area contributed by atoms with E-state index in [9.17, 15) is 4.79 Å². The molecule has 0 aliphatic carbocycles. The number of fused-ring (bicyclic) bond motifs is 1. The number of methoxy groups -OCH3 is 1. The molecule has 0 amide bonds. The summed E-state index contributed by atoms with van der Waals surface area (Å²) in [5.41, 5.74) is 8.54. The average Bonchev–Trinajstić information content (AvgIpc) is 2.75. The number of nitrogens with two attached hydrogens (primary N) is 1. The van der Waals surface area contributed by atoms with Crippen LogP contribution < -0.4 is 16.2 Å². The first-order valence-corrected chi connectivity index (χ1v) is 6.19. The van der Waals surface area contributed by atoms with Gasteiger partial charge in [-0.25, -0.2) is 4.79 Å². The Morgan fingerprint density at radius 2 is 2.10 bits per heavy atom. The van der Waals surface area contributed by atoms with Crippen molar-refractivity contribution < 1.29 is 9.15 Å². The van der Waals surface area contributed by atoms with Gasteiger partial charge >= 0.3 is 5.76 Å². The highest BCUT2D eigenvalue weighted by Crippen LogP contribution is 2.19. The van der Waals surface area contributed by atoms with E-state index in [-0.39, 0.29) is 0 Å². The van der Waals surface area contributed by atoms with Gasteiger partial charge in [0.2, 0.25) is 0 Å². The van der Waals surface area contributed by atoms with Gasteiger partial charge in [0.15, 0.2) is 5.58 Å². The van der Waals surface area contributed by atoms with Crippen molar-refractivity contribution in [3.8, 4) is 5.75 Å². The fourth-order valence-corrected chi connectivity index (χ4v) is 2.18. The Hall–Kier alpha value is -2.69. The van der Waals surface area contributed by atoms with Crippen LogP contribution in [0.5, 0.6) is 5.75 Å². The fraction of sp³-hybridized carbons (Fsp3) is 0.133. The molecule has 0 saturated carbocycles. The summed E-state index contributed by atoms with van der Waals surface area (Å²) >= 11 is 0. The molecule has 3 rings (SSSR count). The minimum Gasteiger partial charge on any atom is -0.497 e. The summed E-state index contributed by atoms with van der Waals surface area (Å²) in [5.74, 6) is 0.358. The minimum atomic E-state index is -0.395. The van der Waals surface area contributed by atoms with Crippen LogP contribution in [0.4, 0.5) is 5.69 Å². The van der Waals surface area contributed by atoms with Crippen LogP contribution in [0.2, 0.25) is 0 Å². The first-order valence-electron chi connectivity index (χ1n) is 6.19.